The molecule has 1 aliphatic carbocycles. The molecule has 132 valence electrons. The number of methoxy groups -OCH3 is 1. The van der Waals surface area contributed by atoms with Crippen molar-refractivity contribution < 1.29 is 19.0 Å². The molecule has 1 saturated heterocycles. The van der Waals surface area contributed by atoms with Gasteiger partial charge in [0.25, 0.3) is 0 Å². The third-order valence-electron chi connectivity index (χ3n) is 4.95. The van der Waals surface area contributed by atoms with Crippen LogP contribution in [0.1, 0.15) is 44.2 Å². The van der Waals surface area contributed by atoms with Gasteiger partial charge in [-0.25, -0.2) is 4.79 Å². The number of hydrogen-bond acceptors (Lipinski definition) is 6. The van der Waals surface area contributed by atoms with E-state index in [4.69, 9.17) is 14.2 Å². The monoisotopic (exact) mass is 334 g/mol. The highest BCUT2D eigenvalue weighted by Crippen LogP contribution is 2.39. The van der Waals surface area contributed by atoms with Gasteiger partial charge in [0.1, 0.15) is 6.04 Å². The maximum atomic E-state index is 12.1. The van der Waals surface area contributed by atoms with E-state index in [1.54, 1.807) is 18.5 Å². The van der Waals surface area contributed by atoms with Gasteiger partial charge in [0, 0.05) is 31.8 Å². The lowest BCUT2D eigenvalue weighted by Gasteiger charge is -2.34. The van der Waals surface area contributed by atoms with Crippen LogP contribution in [0.15, 0.2) is 24.5 Å². The summed E-state index contributed by atoms with van der Waals surface area (Å²) < 4.78 is 17.1. The fraction of sp³-hybridized carbons (Fsp3) is 0.667. The van der Waals surface area contributed by atoms with Crippen molar-refractivity contribution in [3.8, 4) is 0 Å². The Morgan fingerprint density at radius 2 is 2.29 bits per heavy atom. The number of aromatic nitrogens is 1. The highest BCUT2D eigenvalue weighted by Gasteiger charge is 2.43. The van der Waals surface area contributed by atoms with Gasteiger partial charge < -0.3 is 14.2 Å². The normalized spacial score (nSPS) is 31.1. The van der Waals surface area contributed by atoms with Gasteiger partial charge in [-0.2, -0.15) is 0 Å². The van der Waals surface area contributed by atoms with Gasteiger partial charge in [-0.15, -0.1) is 0 Å². The Morgan fingerprint density at radius 3 is 2.96 bits per heavy atom. The van der Waals surface area contributed by atoms with Crippen LogP contribution in [0.3, 0.4) is 0 Å². The number of rotatable bonds is 5. The van der Waals surface area contributed by atoms with Crippen molar-refractivity contribution in [3.63, 3.8) is 0 Å². The van der Waals surface area contributed by atoms with E-state index < -0.39 is 11.8 Å². The number of ether oxygens (including phenoxy) is 3. The van der Waals surface area contributed by atoms with E-state index in [0.717, 1.165) is 37.2 Å². The number of carbonyl (C=O) groups excluding carboxylic acids is 1. The minimum absolute atomic E-state index is 0.0535. The first-order chi connectivity index (χ1) is 11.6. The van der Waals surface area contributed by atoms with Crippen molar-refractivity contribution in [2.24, 2.45) is 5.92 Å². The predicted octanol–water partition coefficient (Wildman–Crippen LogP) is 2.21. The molecule has 1 spiro atoms. The van der Waals surface area contributed by atoms with Crippen molar-refractivity contribution in [2.75, 3.05) is 20.3 Å². The maximum Gasteiger partial charge on any atom is 0.327 e. The number of nitrogens with zero attached hydrogens (tertiary/aromatic N) is 1. The topological polar surface area (TPSA) is 69.7 Å². The van der Waals surface area contributed by atoms with Crippen LogP contribution in [0.25, 0.3) is 0 Å². The smallest absolute Gasteiger partial charge is 0.327 e. The van der Waals surface area contributed by atoms with E-state index >= 15 is 0 Å². The van der Waals surface area contributed by atoms with Crippen LogP contribution in [0.2, 0.25) is 0 Å². The summed E-state index contributed by atoms with van der Waals surface area (Å²) in [4.78, 5) is 16.1. The third-order valence-corrected chi connectivity index (χ3v) is 4.95. The molecule has 0 unspecified atom stereocenters. The molecule has 1 aromatic rings. The minimum atomic E-state index is -0.546. The van der Waals surface area contributed by atoms with Crippen LogP contribution in [0, 0.1) is 5.92 Å². The second-order valence-corrected chi connectivity index (χ2v) is 6.79. The number of hydrogen-bond donors (Lipinski definition) is 1. The molecule has 1 saturated carbocycles. The van der Waals surface area contributed by atoms with Crippen LogP contribution in [-0.2, 0) is 19.0 Å². The molecule has 2 fully saturated rings. The van der Waals surface area contributed by atoms with Crippen LogP contribution in [-0.4, -0.2) is 43.1 Å². The molecule has 0 amide bonds. The quantitative estimate of drug-likeness (QED) is 0.833. The zero-order valence-corrected chi connectivity index (χ0v) is 14.4. The molecule has 2 heterocycles. The third kappa shape index (κ3) is 3.94. The van der Waals surface area contributed by atoms with E-state index in [2.05, 4.69) is 17.2 Å². The van der Waals surface area contributed by atoms with Crippen molar-refractivity contribution in [3.05, 3.63) is 30.1 Å². The van der Waals surface area contributed by atoms with E-state index in [0.29, 0.717) is 13.2 Å². The Kier molecular flexibility index (Phi) is 5.48. The fourth-order valence-corrected chi connectivity index (χ4v) is 3.43. The lowest BCUT2D eigenvalue weighted by Crippen LogP contribution is -2.39. The van der Waals surface area contributed by atoms with Gasteiger partial charge in [0.2, 0.25) is 0 Å². The Labute approximate surface area is 142 Å². The molecular weight excluding hydrogens is 308 g/mol. The summed E-state index contributed by atoms with van der Waals surface area (Å²) >= 11 is 0. The standard InChI is InChI=1S/C18H26N2O4/c1-13-5-7-18(8-6-13)23-12-15(24-18)11-20-16(17(21)22-2)14-4-3-9-19-10-14/h3-4,9-10,13,15-16,20H,5-8,11-12H2,1-2H3/t13?,15-,16-,18?/m1/s1. The summed E-state index contributed by atoms with van der Waals surface area (Å²) in [5.41, 5.74) is 0.782. The van der Waals surface area contributed by atoms with Gasteiger partial charge >= 0.3 is 5.97 Å². The fourth-order valence-electron chi connectivity index (χ4n) is 3.43. The Balaban J connectivity index is 1.57. The highest BCUT2D eigenvalue weighted by molar-refractivity contribution is 5.77. The van der Waals surface area contributed by atoms with E-state index in [1.165, 1.54) is 7.11 Å². The van der Waals surface area contributed by atoms with E-state index in [9.17, 15) is 4.79 Å². The first-order valence-corrected chi connectivity index (χ1v) is 8.65. The number of nitrogens with one attached hydrogen (secondary N) is 1. The van der Waals surface area contributed by atoms with Crippen molar-refractivity contribution >= 4 is 5.97 Å². The number of pyridine rings is 1. The molecule has 1 aromatic heterocycles. The van der Waals surface area contributed by atoms with Gasteiger partial charge in [-0.05, 0) is 30.4 Å². The largest absolute Gasteiger partial charge is 0.468 e. The number of carbonyl (C=O) groups is 1. The molecule has 6 heteroatoms. The molecule has 0 aromatic carbocycles. The second kappa shape index (κ2) is 7.59. The average Bonchev–Trinajstić information content (AvgIpc) is 3.01. The van der Waals surface area contributed by atoms with Gasteiger partial charge in [-0.3, -0.25) is 10.3 Å². The zero-order valence-electron chi connectivity index (χ0n) is 14.4. The molecule has 1 N–H and O–H groups in total. The van der Waals surface area contributed by atoms with Gasteiger partial charge in [0.15, 0.2) is 5.79 Å². The summed E-state index contributed by atoms with van der Waals surface area (Å²) in [5.74, 6) is 0.00546. The molecule has 24 heavy (non-hydrogen) atoms. The summed E-state index contributed by atoms with van der Waals surface area (Å²) in [5, 5.41) is 3.24. The Bertz CT molecular complexity index is 543. The molecule has 6 nitrogen and oxygen atoms in total. The molecule has 2 aliphatic rings. The summed E-state index contributed by atoms with van der Waals surface area (Å²) in [6.45, 7) is 3.37. The summed E-state index contributed by atoms with van der Waals surface area (Å²) in [6.07, 6.45) is 7.48. The highest BCUT2D eigenvalue weighted by atomic mass is 16.7. The second-order valence-electron chi connectivity index (χ2n) is 6.79. The summed E-state index contributed by atoms with van der Waals surface area (Å²) in [7, 11) is 1.39. The molecule has 0 radical (unpaired) electrons. The van der Waals surface area contributed by atoms with Crippen molar-refractivity contribution in [1.29, 1.82) is 0 Å². The lowest BCUT2D eigenvalue weighted by molar-refractivity contribution is -0.191. The molecule has 2 atom stereocenters. The van der Waals surface area contributed by atoms with Gasteiger partial charge in [0.05, 0.1) is 19.8 Å². The Hall–Kier alpha value is -1.50. The van der Waals surface area contributed by atoms with Crippen molar-refractivity contribution in [1.82, 2.24) is 10.3 Å². The van der Waals surface area contributed by atoms with Crippen molar-refractivity contribution in [2.45, 2.75) is 50.5 Å². The zero-order chi connectivity index (χ0) is 17.0. The Morgan fingerprint density at radius 1 is 1.50 bits per heavy atom. The maximum absolute atomic E-state index is 12.1. The van der Waals surface area contributed by atoms with Gasteiger partial charge in [-0.1, -0.05) is 13.0 Å². The van der Waals surface area contributed by atoms with Crippen LogP contribution in [0.4, 0.5) is 0 Å². The molecule has 3 rings (SSSR count). The van der Waals surface area contributed by atoms with Crippen LogP contribution in [0.5, 0.6) is 0 Å². The SMILES string of the molecule is COC(=O)[C@H](NC[C@@H]1COC2(CCC(C)CC2)O1)c1cccnc1. The number of esters is 1. The van der Waals surface area contributed by atoms with Crippen LogP contribution < -0.4 is 5.32 Å². The minimum Gasteiger partial charge on any atom is -0.468 e. The molecular formula is C18H26N2O4. The predicted molar refractivity (Wildman–Crippen MR) is 88.2 cm³/mol. The van der Waals surface area contributed by atoms with E-state index in [1.807, 2.05) is 6.07 Å². The average molecular weight is 334 g/mol. The first-order valence-electron chi connectivity index (χ1n) is 8.65. The first kappa shape index (κ1) is 17.3. The summed E-state index contributed by atoms with van der Waals surface area (Å²) in [6, 6.07) is 3.12. The molecule has 0 bridgehead atoms. The van der Waals surface area contributed by atoms with Crippen LogP contribution >= 0.6 is 0 Å². The molecule has 1 aliphatic heterocycles. The lowest BCUT2D eigenvalue weighted by atomic mass is 9.86. The van der Waals surface area contributed by atoms with E-state index in [-0.39, 0.29) is 12.1 Å².